The normalized spacial score (nSPS) is 10.4. The molecule has 1 N–H and O–H groups in total. The Morgan fingerprint density at radius 2 is 1.68 bits per heavy atom. The molecule has 25 heavy (non-hydrogen) atoms. The van der Waals surface area contributed by atoms with Gasteiger partial charge in [-0.15, -0.1) is 0 Å². The molecule has 0 fully saturated rings. The molecular formula is C17H10ClF2N3O2. The highest BCUT2D eigenvalue weighted by atomic mass is 35.5. The number of hydrogen-bond acceptors (Lipinski definition) is 4. The second-order valence-electron chi connectivity index (χ2n) is 4.84. The Kier molecular flexibility index (Phi) is 4.85. The quantitative estimate of drug-likeness (QED) is 0.745. The molecule has 0 aliphatic rings. The van der Waals surface area contributed by atoms with Gasteiger partial charge in [-0.1, -0.05) is 29.8 Å². The molecule has 2 aromatic carbocycles. The zero-order valence-electron chi connectivity index (χ0n) is 12.5. The first-order valence-electron chi connectivity index (χ1n) is 7.04. The van der Waals surface area contributed by atoms with E-state index in [2.05, 4.69) is 15.3 Å². The minimum Gasteiger partial charge on any atom is -0.421 e. The van der Waals surface area contributed by atoms with Crippen LogP contribution < -0.4 is 10.1 Å². The molecule has 0 atom stereocenters. The number of ether oxygens (including phenoxy) is 1. The number of halogens is 3. The van der Waals surface area contributed by atoms with Crippen molar-refractivity contribution in [3.63, 3.8) is 0 Å². The van der Waals surface area contributed by atoms with E-state index in [-0.39, 0.29) is 28.0 Å². The number of amides is 1. The first-order valence-corrected chi connectivity index (χ1v) is 7.42. The molecule has 8 heteroatoms. The van der Waals surface area contributed by atoms with E-state index in [1.54, 1.807) is 6.07 Å². The lowest BCUT2D eigenvalue weighted by Gasteiger charge is -2.08. The van der Waals surface area contributed by atoms with Crippen molar-refractivity contribution < 1.29 is 18.3 Å². The molecule has 0 aliphatic carbocycles. The van der Waals surface area contributed by atoms with Crippen LogP contribution in [0.2, 0.25) is 5.02 Å². The molecule has 3 rings (SSSR count). The Labute approximate surface area is 146 Å². The SMILES string of the molecule is O=C(Nc1cnc(Oc2ccccc2F)nc1)c1c(F)cccc1Cl. The minimum atomic E-state index is -0.745. The number of hydrogen-bond donors (Lipinski definition) is 1. The Bertz CT molecular complexity index is 900. The lowest BCUT2D eigenvalue weighted by Crippen LogP contribution is -2.14. The summed E-state index contributed by atoms with van der Waals surface area (Å²) in [5.74, 6) is -2.07. The molecule has 126 valence electrons. The second kappa shape index (κ2) is 7.23. The van der Waals surface area contributed by atoms with Crippen molar-refractivity contribution >= 4 is 23.2 Å². The van der Waals surface area contributed by atoms with Crippen molar-refractivity contribution in [2.45, 2.75) is 0 Å². The van der Waals surface area contributed by atoms with Gasteiger partial charge in [0.25, 0.3) is 5.91 Å². The predicted molar refractivity (Wildman–Crippen MR) is 87.9 cm³/mol. The highest BCUT2D eigenvalue weighted by Gasteiger charge is 2.16. The smallest absolute Gasteiger partial charge is 0.322 e. The maximum atomic E-state index is 13.7. The van der Waals surface area contributed by atoms with Gasteiger partial charge in [-0.25, -0.2) is 18.7 Å². The van der Waals surface area contributed by atoms with Crippen LogP contribution in [0, 0.1) is 11.6 Å². The molecule has 0 saturated heterocycles. The zero-order chi connectivity index (χ0) is 17.8. The van der Waals surface area contributed by atoms with Gasteiger partial charge >= 0.3 is 6.01 Å². The van der Waals surface area contributed by atoms with E-state index in [1.165, 1.54) is 42.7 Å². The van der Waals surface area contributed by atoms with Crippen molar-refractivity contribution in [3.05, 3.63) is 77.1 Å². The molecule has 0 radical (unpaired) electrons. The lowest BCUT2D eigenvalue weighted by molar-refractivity contribution is 0.102. The maximum Gasteiger partial charge on any atom is 0.322 e. The largest absolute Gasteiger partial charge is 0.421 e. The fourth-order valence-corrected chi connectivity index (χ4v) is 2.22. The number of carbonyl (C=O) groups is 1. The van der Waals surface area contributed by atoms with E-state index in [9.17, 15) is 13.6 Å². The van der Waals surface area contributed by atoms with Crippen molar-refractivity contribution in [2.75, 3.05) is 5.32 Å². The predicted octanol–water partition coefficient (Wildman–Crippen LogP) is 4.45. The summed E-state index contributed by atoms with van der Waals surface area (Å²) in [4.78, 5) is 19.8. The fourth-order valence-electron chi connectivity index (χ4n) is 1.97. The van der Waals surface area contributed by atoms with E-state index in [0.29, 0.717) is 0 Å². The van der Waals surface area contributed by atoms with E-state index in [4.69, 9.17) is 16.3 Å². The van der Waals surface area contributed by atoms with Gasteiger partial charge in [0, 0.05) is 0 Å². The number of nitrogens with one attached hydrogen (secondary N) is 1. The summed E-state index contributed by atoms with van der Waals surface area (Å²) >= 11 is 5.83. The van der Waals surface area contributed by atoms with Crippen LogP contribution in [0.1, 0.15) is 10.4 Å². The maximum absolute atomic E-state index is 13.7. The van der Waals surface area contributed by atoms with Gasteiger partial charge in [0.15, 0.2) is 11.6 Å². The van der Waals surface area contributed by atoms with Crippen molar-refractivity contribution in [1.29, 1.82) is 0 Å². The molecule has 5 nitrogen and oxygen atoms in total. The topological polar surface area (TPSA) is 64.1 Å². The lowest BCUT2D eigenvalue weighted by atomic mass is 10.2. The van der Waals surface area contributed by atoms with Crippen LogP contribution in [0.15, 0.2) is 54.9 Å². The Morgan fingerprint density at radius 1 is 1.00 bits per heavy atom. The number of carbonyl (C=O) groups excluding carboxylic acids is 1. The summed E-state index contributed by atoms with van der Waals surface area (Å²) in [7, 11) is 0. The van der Waals surface area contributed by atoms with Crippen LogP contribution in [0.5, 0.6) is 11.8 Å². The van der Waals surface area contributed by atoms with Crippen LogP contribution >= 0.6 is 11.6 Å². The van der Waals surface area contributed by atoms with Crippen molar-refractivity contribution in [3.8, 4) is 11.8 Å². The van der Waals surface area contributed by atoms with Crippen LogP contribution in [0.4, 0.5) is 14.5 Å². The molecule has 1 aromatic heterocycles. The number of rotatable bonds is 4. The average molecular weight is 362 g/mol. The second-order valence-corrected chi connectivity index (χ2v) is 5.24. The molecule has 1 amide bonds. The van der Waals surface area contributed by atoms with Gasteiger partial charge in [-0.3, -0.25) is 4.79 Å². The van der Waals surface area contributed by atoms with Gasteiger partial charge in [0.1, 0.15) is 5.82 Å². The highest BCUT2D eigenvalue weighted by Crippen LogP contribution is 2.22. The van der Waals surface area contributed by atoms with Crippen LogP contribution in [-0.4, -0.2) is 15.9 Å². The van der Waals surface area contributed by atoms with Gasteiger partial charge in [0.2, 0.25) is 0 Å². The number of para-hydroxylation sites is 1. The summed E-state index contributed by atoms with van der Waals surface area (Å²) < 4.78 is 32.4. The third-order valence-electron chi connectivity index (χ3n) is 3.11. The zero-order valence-corrected chi connectivity index (χ0v) is 13.3. The fraction of sp³-hybridized carbons (Fsp3) is 0. The van der Waals surface area contributed by atoms with Crippen molar-refractivity contribution in [2.24, 2.45) is 0 Å². The summed E-state index contributed by atoms with van der Waals surface area (Å²) in [6, 6.07) is 9.61. The molecule has 0 bridgehead atoms. The summed E-state index contributed by atoms with van der Waals surface area (Å²) in [6.45, 7) is 0. The monoisotopic (exact) mass is 361 g/mol. The van der Waals surface area contributed by atoms with E-state index < -0.39 is 17.5 Å². The molecule has 3 aromatic rings. The van der Waals surface area contributed by atoms with Crippen LogP contribution in [0.3, 0.4) is 0 Å². The van der Waals surface area contributed by atoms with Gasteiger partial charge in [-0.2, -0.15) is 0 Å². The van der Waals surface area contributed by atoms with Crippen LogP contribution in [0.25, 0.3) is 0 Å². The Balaban J connectivity index is 1.73. The van der Waals surface area contributed by atoms with Crippen LogP contribution in [-0.2, 0) is 0 Å². The first-order chi connectivity index (χ1) is 12.0. The van der Waals surface area contributed by atoms with E-state index in [0.717, 1.165) is 6.07 Å². The molecule has 0 aliphatic heterocycles. The van der Waals surface area contributed by atoms with Gasteiger partial charge in [0.05, 0.1) is 28.7 Å². The summed E-state index contributed by atoms with van der Waals surface area (Å²) in [5.41, 5.74) is -0.0824. The van der Waals surface area contributed by atoms with Gasteiger partial charge < -0.3 is 10.1 Å². The number of nitrogens with zero attached hydrogens (tertiary/aromatic N) is 2. The minimum absolute atomic E-state index is 0.0158. The molecule has 0 unspecified atom stereocenters. The number of benzene rings is 2. The number of aromatic nitrogens is 2. The molecule has 0 saturated carbocycles. The standard InChI is InChI=1S/C17H10ClF2N3O2/c18-11-4-3-6-13(20)15(11)16(24)23-10-8-21-17(22-9-10)25-14-7-2-1-5-12(14)19/h1-9H,(H,23,24). The average Bonchev–Trinajstić information content (AvgIpc) is 2.58. The van der Waals surface area contributed by atoms with Gasteiger partial charge in [-0.05, 0) is 24.3 Å². The number of anilines is 1. The summed E-state index contributed by atoms with van der Waals surface area (Å²) in [6.07, 6.45) is 2.49. The molecule has 1 heterocycles. The van der Waals surface area contributed by atoms with Crippen molar-refractivity contribution in [1.82, 2.24) is 9.97 Å². The summed E-state index contributed by atoms with van der Waals surface area (Å²) in [5, 5.41) is 2.41. The molecule has 0 spiro atoms. The highest BCUT2D eigenvalue weighted by molar-refractivity contribution is 6.34. The Morgan fingerprint density at radius 3 is 2.36 bits per heavy atom. The van der Waals surface area contributed by atoms with E-state index >= 15 is 0 Å². The Hall–Kier alpha value is -3.06. The first kappa shape index (κ1) is 16.8. The molecular weight excluding hydrogens is 352 g/mol. The van der Waals surface area contributed by atoms with E-state index in [1.807, 2.05) is 0 Å². The third-order valence-corrected chi connectivity index (χ3v) is 3.43. The third kappa shape index (κ3) is 3.89.